The van der Waals surface area contributed by atoms with Crippen molar-refractivity contribution in [2.24, 2.45) is 0 Å². The van der Waals surface area contributed by atoms with Crippen LogP contribution in [0.5, 0.6) is 0 Å². The fourth-order valence-corrected chi connectivity index (χ4v) is 2.34. The first kappa shape index (κ1) is 15.5. The van der Waals surface area contributed by atoms with Gasteiger partial charge >= 0.3 is 6.09 Å². The van der Waals surface area contributed by atoms with E-state index in [4.69, 9.17) is 4.74 Å². The summed E-state index contributed by atoms with van der Waals surface area (Å²) in [6.45, 7) is 0.183. The second-order valence-electron chi connectivity index (χ2n) is 5.26. The Balaban J connectivity index is 1.81. The van der Waals surface area contributed by atoms with Crippen LogP contribution in [-0.2, 0) is 11.3 Å². The maximum Gasteiger partial charge on any atom is 0.415 e. The van der Waals surface area contributed by atoms with Crippen molar-refractivity contribution in [1.82, 2.24) is 4.98 Å². The molecule has 0 spiro atoms. The standard InChI is InChI=1S/C19H15N3O2/c1-22(19(23)24-13-14-7-3-2-4-8-14)18-11-15(12-20)16-9-5-6-10-17(16)21-18/h2-11H,13H2,1H3. The molecule has 0 atom stereocenters. The van der Waals surface area contributed by atoms with Crippen molar-refractivity contribution in [2.45, 2.75) is 6.61 Å². The number of nitrogens with zero attached hydrogens (tertiary/aromatic N) is 3. The largest absolute Gasteiger partial charge is 0.444 e. The zero-order chi connectivity index (χ0) is 16.9. The van der Waals surface area contributed by atoms with E-state index in [-0.39, 0.29) is 6.61 Å². The summed E-state index contributed by atoms with van der Waals surface area (Å²) in [4.78, 5) is 18.0. The first-order valence-electron chi connectivity index (χ1n) is 7.43. The Hall–Kier alpha value is -3.39. The number of rotatable bonds is 3. The van der Waals surface area contributed by atoms with Gasteiger partial charge in [-0.15, -0.1) is 0 Å². The van der Waals surface area contributed by atoms with Crippen LogP contribution in [0.4, 0.5) is 10.6 Å². The molecular formula is C19H15N3O2. The van der Waals surface area contributed by atoms with Crippen LogP contribution in [0.1, 0.15) is 11.1 Å². The second kappa shape index (κ2) is 6.80. The Bertz CT molecular complexity index is 917. The van der Waals surface area contributed by atoms with E-state index >= 15 is 0 Å². The number of para-hydroxylation sites is 1. The summed E-state index contributed by atoms with van der Waals surface area (Å²) >= 11 is 0. The summed E-state index contributed by atoms with van der Waals surface area (Å²) in [6, 6.07) is 20.5. The van der Waals surface area contributed by atoms with Crippen LogP contribution < -0.4 is 4.90 Å². The highest BCUT2D eigenvalue weighted by Crippen LogP contribution is 2.22. The molecule has 0 aliphatic carbocycles. The zero-order valence-electron chi connectivity index (χ0n) is 13.1. The van der Waals surface area contributed by atoms with Gasteiger partial charge in [0.25, 0.3) is 0 Å². The van der Waals surface area contributed by atoms with E-state index in [2.05, 4.69) is 11.1 Å². The van der Waals surface area contributed by atoms with E-state index in [1.807, 2.05) is 54.6 Å². The number of nitriles is 1. The highest BCUT2D eigenvalue weighted by molar-refractivity contribution is 5.91. The van der Waals surface area contributed by atoms with Gasteiger partial charge in [0.05, 0.1) is 17.1 Å². The van der Waals surface area contributed by atoms with E-state index in [1.165, 1.54) is 4.90 Å². The van der Waals surface area contributed by atoms with Crippen molar-refractivity contribution >= 4 is 22.8 Å². The summed E-state index contributed by atoms with van der Waals surface area (Å²) < 4.78 is 5.29. The molecule has 0 saturated heterocycles. The van der Waals surface area contributed by atoms with Gasteiger partial charge in [0, 0.05) is 12.4 Å². The second-order valence-corrected chi connectivity index (χ2v) is 5.26. The van der Waals surface area contributed by atoms with Gasteiger partial charge in [-0.2, -0.15) is 5.26 Å². The molecule has 0 saturated carbocycles. The molecule has 0 radical (unpaired) electrons. The quantitative estimate of drug-likeness (QED) is 0.735. The molecule has 24 heavy (non-hydrogen) atoms. The number of amides is 1. The van der Waals surface area contributed by atoms with Crippen molar-refractivity contribution in [1.29, 1.82) is 5.26 Å². The molecule has 1 heterocycles. The molecule has 0 N–H and O–H groups in total. The molecule has 0 fully saturated rings. The Morgan fingerprint density at radius 2 is 1.88 bits per heavy atom. The Morgan fingerprint density at radius 1 is 1.17 bits per heavy atom. The number of carbonyl (C=O) groups excluding carboxylic acids is 1. The predicted molar refractivity (Wildman–Crippen MR) is 91.5 cm³/mol. The van der Waals surface area contributed by atoms with E-state index in [0.29, 0.717) is 16.9 Å². The van der Waals surface area contributed by atoms with Gasteiger partial charge in [-0.3, -0.25) is 4.90 Å². The summed E-state index contributed by atoms with van der Waals surface area (Å²) in [5.74, 6) is 0.378. The maximum atomic E-state index is 12.2. The van der Waals surface area contributed by atoms with Crippen LogP contribution in [0, 0.1) is 11.3 Å². The van der Waals surface area contributed by atoms with Crippen molar-refractivity contribution < 1.29 is 9.53 Å². The van der Waals surface area contributed by atoms with Gasteiger partial charge in [0.2, 0.25) is 0 Å². The number of hydrogen-bond donors (Lipinski definition) is 0. The first-order chi connectivity index (χ1) is 11.7. The molecule has 5 nitrogen and oxygen atoms in total. The SMILES string of the molecule is CN(C(=O)OCc1ccccc1)c1cc(C#N)c2ccccc2n1. The van der Waals surface area contributed by atoms with Crippen LogP contribution in [0.15, 0.2) is 60.7 Å². The van der Waals surface area contributed by atoms with Crippen LogP contribution in [0.25, 0.3) is 10.9 Å². The van der Waals surface area contributed by atoms with E-state index < -0.39 is 6.09 Å². The smallest absolute Gasteiger partial charge is 0.415 e. The molecule has 3 aromatic rings. The highest BCUT2D eigenvalue weighted by atomic mass is 16.6. The number of pyridine rings is 1. The normalized spacial score (nSPS) is 10.2. The molecule has 0 unspecified atom stereocenters. The zero-order valence-corrected chi connectivity index (χ0v) is 13.1. The van der Waals surface area contributed by atoms with Crippen LogP contribution in [-0.4, -0.2) is 18.1 Å². The lowest BCUT2D eigenvalue weighted by Gasteiger charge is -2.17. The summed E-state index contributed by atoms with van der Waals surface area (Å²) in [5, 5.41) is 10.1. The number of aromatic nitrogens is 1. The molecule has 0 aliphatic heterocycles. The molecule has 1 aromatic heterocycles. The van der Waals surface area contributed by atoms with Gasteiger partial charge in [-0.05, 0) is 17.7 Å². The fraction of sp³-hybridized carbons (Fsp3) is 0.105. The van der Waals surface area contributed by atoms with Crippen molar-refractivity contribution in [3.8, 4) is 6.07 Å². The van der Waals surface area contributed by atoms with E-state index in [1.54, 1.807) is 13.1 Å². The summed E-state index contributed by atoms with van der Waals surface area (Å²) in [5.41, 5.74) is 2.04. The van der Waals surface area contributed by atoms with Crippen molar-refractivity contribution in [3.05, 3.63) is 71.8 Å². The molecule has 5 heteroatoms. The van der Waals surface area contributed by atoms with Gasteiger partial charge in [0.15, 0.2) is 0 Å². The van der Waals surface area contributed by atoms with Crippen LogP contribution in [0.3, 0.4) is 0 Å². The molecule has 2 aromatic carbocycles. The van der Waals surface area contributed by atoms with Gasteiger partial charge < -0.3 is 4.74 Å². The number of benzene rings is 2. The fourth-order valence-electron chi connectivity index (χ4n) is 2.34. The first-order valence-corrected chi connectivity index (χ1v) is 7.43. The van der Waals surface area contributed by atoms with Crippen LogP contribution >= 0.6 is 0 Å². The minimum atomic E-state index is -0.523. The molecule has 0 bridgehead atoms. The van der Waals surface area contributed by atoms with E-state index in [0.717, 1.165) is 10.9 Å². The maximum absolute atomic E-state index is 12.2. The third-order valence-corrected chi connectivity index (χ3v) is 3.65. The molecule has 118 valence electrons. The Kier molecular flexibility index (Phi) is 4.39. The number of ether oxygens (including phenoxy) is 1. The summed E-state index contributed by atoms with van der Waals surface area (Å²) in [6.07, 6.45) is -0.523. The van der Waals surface area contributed by atoms with Gasteiger partial charge in [-0.25, -0.2) is 9.78 Å². The number of carbonyl (C=O) groups is 1. The highest BCUT2D eigenvalue weighted by Gasteiger charge is 2.16. The lowest BCUT2D eigenvalue weighted by molar-refractivity contribution is 0.148. The minimum absolute atomic E-state index is 0.183. The average molecular weight is 317 g/mol. The van der Waals surface area contributed by atoms with Gasteiger partial charge in [-0.1, -0.05) is 48.5 Å². The number of hydrogen-bond acceptors (Lipinski definition) is 4. The lowest BCUT2D eigenvalue weighted by atomic mass is 10.1. The monoisotopic (exact) mass is 317 g/mol. The van der Waals surface area contributed by atoms with Crippen molar-refractivity contribution in [3.63, 3.8) is 0 Å². The third-order valence-electron chi connectivity index (χ3n) is 3.65. The van der Waals surface area contributed by atoms with Crippen LogP contribution in [0.2, 0.25) is 0 Å². The van der Waals surface area contributed by atoms with Gasteiger partial charge in [0.1, 0.15) is 12.4 Å². The third kappa shape index (κ3) is 3.18. The average Bonchev–Trinajstić information content (AvgIpc) is 2.65. The van der Waals surface area contributed by atoms with E-state index in [9.17, 15) is 10.1 Å². The lowest BCUT2D eigenvalue weighted by Crippen LogP contribution is -2.27. The molecule has 1 amide bonds. The Morgan fingerprint density at radius 3 is 2.62 bits per heavy atom. The summed E-state index contributed by atoms with van der Waals surface area (Å²) in [7, 11) is 1.57. The minimum Gasteiger partial charge on any atom is -0.444 e. The molecule has 3 rings (SSSR count). The molecule has 0 aliphatic rings. The topological polar surface area (TPSA) is 66.2 Å². The predicted octanol–water partition coefficient (Wildman–Crippen LogP) is 3.88. The number of fused-ring (bicyclic) bond motifs is 1. The Labute approximate surface area is 139 Å². The number of anilines is 1. The molecular weight excluding hydrogens is 302 g/mol. The van der Waals surface area contributed by atoms with Crippen molar-refractivity contribution in [2.75, 3.05) is 11.9 Å².